The van der Waals surface area contributed by atoms with Gasteiger partial charge >= 0.3 is 0 Å². The van der Waals surface area contributed by atoms with Crippen molar-refractivity contribution in [1.82, 2.24) is 4.72 Å². The Hall–Kier alpha value is -0.470. The molecule has 1 aromatic rings. The lowest BCUT2D eigenvalue weighted by molar-refractivity contribution is 0.116. The van der Waals surface area contributed by atoms with Crippen LogP contribution in [0, 0.1) is 5.92 Å². The van der Waals surface area contributed by atoms with Gasteiger partial charge in [-0.1, -0.05) is 13.8 Å². The molecule has 0 fully saturated rings. The lowest BCUT2D eigenvalue weighted by Crippen LogP contribution is -2.41. The summed E-state index contributed by atoms with van der Waals surface area (Å²) < 4.78 is 32.5. The van der Waals surface area contributed by atoms with E-state index in [9.17, 15) is 8.42 Å². The van der Waals surface area contributed by atoms with Crippen LogP contribution in [0.15, 0.2) is 16.3 Å². The summed E-state index contributed by atoms with van der Waals surface area (Å²) in [6, 6.07) is 1.39. The van der Waals surface area contributed by atoms with Crippen molar-refractivity contribution in [2.24, 2.45) is 11.7 Å². The lowest BCUT2D eigenvalue weighted by Gasteiger charge is -2.21. The van der Waals surface area contributed by atoms with Gasteiger partial charge in [0.1, 0.15) is 0 Å². The number of hydrogen-bond donors (Lipinski definition) is 2. The Morgan fingerprint density at radius 1 is 1.47 bits per heavy atom. The Morgan fingerprint density at radius 2 is 2.16 bits per heavy atom. The van der Waals surface area contributed by atoms with Crippen molar-refractivity contribution in [1.29, 1.82) is 0 Å². The quantitative estimate of drug-likeness (QED) is 0.763. The fourth-order valence-electron chi connectivity index (χ4n) is 1.48. The number of nitrogens with one attached hydrogen (secondary N) is 1. The van der Waals surface area contributed by atoms with Crippen LogP contribution in [0.2, 0.25) is 0 Å². The van der Waals surface area contributed by atoms with Gasteiger partial charge < -0.3 is 10.5 Å². The van der Waals surface area contributed by atoms with Crippen molar-refractivity contribution >= 4 is 21.4 Å². The summed E-state index contributed by atoms with van der Waals surface area (Å²) in [4.78, 5) is 1.13. The van der Waals surface area contributed by atoms with Crippen molar-refractivity contribution in [2.45, 2.75) is 38.3 Å². The number of rotatable bonds is 8. The smallest absolute Gasteiger partial charge is 0.241 e. The van der Waals surface area contributed by atoms with Gasteiger partial charge in [0.25, 0.3) is 0 Å². The van der Waals surface area contributed by atoms with Crippen LogP contribution in [-0.2, 0) is 21.3 Å². The van der Waals surface area contributed by atoms with Crippen molar-refractivity contribution in [2.75, 3.05) is 13.2 Å². The Balaban J connectivity index is 2.81. The van der Waals surface area contributed by atoms with Crippen LogP contribution in [0.1, 0.15) is 25.6 Å². The first-order chi connectivity index (χ1) is 8.90. The van der Waals surface area contributed by atoms with Crippen LogP contribution < -0.4 is 10.5 Å². The van der Waals surface area contributed by atoms with E-state index >= 15 is 0 Å². The maximum atomic E-state index is 12.2. The second-order valence-electron chi connectivity index (χ2n) is 4.58. The molecule has 3 N–H and O–H groups in total. The number of nitrogens with two attached hydrogens (primary N) is 1. The Kier molecular flexibility index (Phi) is 6.41. The molecule has 0 aliphatic rings. The first-order valence-electron chi connectivity index (χ1n) is 6.28. The maximum absolute atomic E-state index is 12.2. The first kappa shape index (κ1) is 16.6. The van der Waals surface area contributed by atoms with E-state index in [1.807, 2.05) is 20.8 Å². The minimum Gasteiger partial charge on any atom is -0.380 e. The van der Waals surface area contributed by atoms with Crippen LogP contribution in [0.25, 0.3) is 0 Å². The van der Waals surface area contributed by atoms with Gasteiger partial charge in [0.2, 0.25) is 10.0 Å². The summed E-state index contributed by atoms with van der Waals surface area (Å²) in [6.07, 6.45) is 0. The van der Waals surface area contributed by atoms with Gasteiger partial charge in [0.05, 0.1) is 11.5 Å². The molecule has 0 saturated carbocycles. The molecule has 5 nitrogen and oxygen atoms in total. The van der Waals surface area contributed by atoms with E-state index in [1.165, 1.54) is 11.3 Å². The second-order valence-corrected chi connectivity index (χ2v) is 7.29. The van der Waals surface area contributed by atoms with Gasteiger partial charge in [0.15, 0.2) is 0 Å². The second kappa shape index (κ2) is 7.35. The van der Waals surface area contributed by atoms with Crippen LogP contribution in [-0.4, -0.2) is 27.7 Å². The molecule has 7 heteroatoms. The van der Waals surface area contributed by atoms with Gasteiger partial charge in [-0.15, -0.1) is 11.3 Å². The number of sulfonamides is 1. The highest BCUT2D eigenvalue weighted by Crippen LogP contribution is 2.19. The molecule has 110 valence electrons. The molecule has 0 spiro atoms. The predicted molar refractivity (Wildman–Crippen MR) is 77.7 cm³/mol. The summed E-state index contributed by atoms with van der Waals surface area (Å²) in [5.41, 5.74) is 5.50. The molecule has 1 aromatic heterocycles. The zero-order chi connectivity index (χ0) is 14.5. The van der Waals surface area contributed by atoms with Crippen molar-refractivity contribution in [3.63, 3.8) is 0 Å². The largest absolute Gasteiger partial charge is 0.380 e. The molecule has 1 atom stereocenters. The molecule has 0 bridgehead atoms. The highest BCUT2D eigenvalue weighted by Gasteiger charge is 2.23. The van der Waals surface area contributed by atoms with Crippen molar-refractivity contribution in [3.8, 4) is 0 Å². The highest BCUT2D eigenvalue weighted by molar-refractivity contribution is 7.89. The molecular formula is C12H22N2O3S2. The van der Waals surface area contributed by atoms with E-state index in [2.05, 4.69) is 4.72 Å². The number of hydrogen-bond acceptors (Lipinski definition) is 5. The molecular weight excluding hydrogens is 284 g/mol. The molecule has 0 amide bonds. The summed E-state index contributed by atoms with van der Waals surface area (Å²) in [5, 5.41) is 1.61. The Bertz CT molecular complexity index is 483. The van der Waals surface area contributed by atoms with Gasteiger partial charge in [-0.25, -0.2) is 13.1 Å². The molecule has 1 unspecified atom stereocenters. The zero-order valence-corrected chi connectivity index (χ0v) is 13.2. The van der Waals surface area contributed by atoms with Gasteiger partial charge in [-0.05, 0) is 18.9 Å². The standard InChI is InChI=1S/C12H22N2O3S2/c1-4-17-7-12(9(2)3)14-19(15,16)11-5-10(6-13)18-8-11/h5,8-9,12,14H,4,6-7,13H2,1-3H3. The first-order valence-corrected chi connectivity index (χ1v) is 8.64. The van der Waals surface area contributed by atoms with E-state index in [0.717, 1.165) is 4.88 Å². The molecule has 0 aromatic carbocycles. The van der Waals surface area contributed by atoms with Crippen LogP contribution in [0.3, 0.4) is 0 Å². The molecule has 0 saturated heterocycles. The highest BCUT2D eigenvalue weighted by atomic mass is 32.2. The third-order valence-electron chi connectivity index (χ3n) is 2.75. The van der Waals surface area contributed by atoms with Gasteiger partial charge in [-0.3, -0.25) is 0 Å². The molecule has 0 aliphatic carbocycles. The maximum Gasteiger partial charge on any atom is 0.241 e. The minimum atomic E-state index is -3.50. The van der Waals surface area contributed by atoms with Crippen molar-refractivity contribution in [3.05, 3.63) is 16.3 Å². The lowest BCUT2D eigenvalue weighted by atomic mass is 10.1. The SMILES string of the molecule is CCOCC(NS(=O)(=O)c1csc(CN)c1)C(C)C. The predicted octanol–water partition coefficient (Wildman–Crippen LogP) is 1.55. The zero-order valence-electron chi connectivity index (χ0n) is 11.5. The number of ether oxygens (including phenoxy) is 1. The van der Waals surface area contributed by atoms with E-state index in [-0.39, 0.29) is 16.9 Å². The third-order valence-corrected chi connectivity index (χ3v) is 5.33. The molecule has 19 heavy (non-hydrogen) atoms. The van der Waals surface area contributed by atoms with Crippen LogP contribution >= 0.6 is 11.3 Å². The normalized spacial score (nSPS) is 13.9. The molecule has 1 rings (SSSR count). The fraction of sp³-hybridized carbons (Fsp3) is 0.667. The minimum absolute atomic E-state index is 0.161. The molecule has 0 aliphatic heterocycles. The van der Waals surface area contributed by atoms with Crippen molar-refractivity contribution < 1.29 is 13.2 Å². The summed E-state index contributed by atoms with van der Waals surface area (Å²) in [7, 11) is -3.50. The summed E-state index contributed by atoms with van der Waals surface area (Å²) >= 11 is 1.35. The van der Waals surface area contributed by atoms with E-state index in [1.54, 1.807) is 11.4 Å². The van der Waals surface area contributed by atoms with Crippen LogP contribution in [0.5, 0.6) is 0 Å². The van der Waals surface area contributed by atoms with E-state index in [0.29, 0.717) is 19.8 Å². The van der Waals surface area contributed by atoms with Crippen LogP contribution in [0.4, 0.5) is 0 Å². The number of thiophene rings is 1. The molecule has 0 radical (unpaired) electrons. The average Bonchev–Trinajstić information content (AvgIpc) is 2.83. The summed E-state index contributed by atoms with van der Waals surface area (Å²) in [5.74, 6) is 0.161. The van der Waals surface area contributed by atoms with Gasteiger partial charge in [0, 0.05) is 29.5 Å². The fourth-order valence-corrected chi connectivity index (χ4v) is 4.01. The molecule has 1 heterocycles. The monoisotopic (exact) mass is 306 g/mol. The summed E-state index contributed by atoms with van der Waals surface area (Å²) in [6.45, 7) is 7.11. The Morgan fingerprint density at radius 3 is 2.63 bits per heavy atom. The van der Waals surface area contributed by atoms with E-state index in [4.69, 9.17) is 10.5 Å². The topological polar surface area (TPSA) is 81.4 Å². The Labute approximate surface area is 119 Å². The third kappa shape index (κ3) is 4.85. The van der Waals surface area contributed by atoms with E-state index < -0.39 is 10.0 Å². The average molecular weight is 306 g/mol. The van der Waals surface area contributed by atoms with Gasteiger partial charge in [-0.2, -0.15) is 0 Å².